The molecule has 2 fully saturated rings. The van der Waals surface area contributed by atoms with Crippen molar-refractivity contribution in [1.29, 1.82) is 0 Å². The topological polar surface area (TPSA) is 75.6 Å². The summed E-state index contributed by atoms with van der Waals surface area (Å²) in [6.07, 6.45) is 2.44. The number of ketones is 1. The number of hydrogen-bond donors (Lipinski definition) is 0. The molecule has 0 spiro atoms. The Labute approximate surface area is 164 Å². The first kappa shape index (κ1) is 18.4. The summed E-state index contributed by atoms with van der Waals surface area (Å²) in [5, 5.41) is 8.69. The number of amides is 1. The van der Waals surface area contributed by atoms with Crippen LogP contribution in [0.15, 0.2) is 36.4 Å². The smallest absolute Gasteiger partial charge is 0.260 e. The minimum Gasteiger partial charge on any atom is -0.484 e. The van der Waals surface area contributed by atoms with Gasteiger partial charge in [-0.1, -0.05) is 0 Å². The van der Waals surface area contributed by atoms with Crippen molar-refractivity contribution in [2.45, 2.75) is 25.7 Å². The largest absolute Gasteiger partial charge is 0.484 e. The number of aromatic nitrogens is 2. The Morgan fingerprint density at radius 1 is 1.00 bits per heavy atom. The molecule has 1 saturated heterocycles. The molecule has 2 aliphatic rings. The fraction of sp³-hybridized carbons (Fsp3) is 0.429. The van der Waals surface area contributed by atoms with Crippen molar-refractivity contribution in [1.82, 2.24) is 15.1 Å². The number of carbonyl (C=O) groups excluding carboxylic acids is 2. The highest BCUT2D eigenvalue weighted by molar-refractivity contribution is 5.94. The molecule has 0 atom stereocenters. The molecule has 0 bridgehead atoms. The first-order chi connectivity index (χ1) is 13.6. The lowest BCUT2D eigenvalue weighted by Gasteiger charge is -2.35. The van der Waals surface area contributed by atoms with E-state index in [1.165, 1.54) is 19.8 Å². The van der Waals surface area contributed by atoms with Gasteiger partial charge in [-0.3, -0.25) is 9.59 Å². The molecule has 2 heterocycles. The Balaban J connectivity index is 1.24. The molecule has 1 aromatic carbocycles. The molecule has 1 aromatic heterocycles. The predicted octanol–water partition coefficient (Wildman–Crippen LogP) is 2.28. The van der Waals surface area contributed by atoms with E-state index in [1.54, 1.807) is 24.3 Å². The highest BCUT2D eigenvalue weighted by Crippen LogP contribution is 2.38. The van der Waals surface area contributed by atoms with E-state index in [0.717, 1.165) is 24.6 Å². The van der Waals surface area contributed by atoms with E-state index in [0.29, 0.717) is 30.3 Å². The highest BCUT2D eigenvalue weighted by atomic mass is 16.5. The van der Waals surface area contributed by atoms with Crippen LogP contribution in [-0.4, -0.2) is 59.6 Å². The van der Waals surface area contributed by atoms with Gasteiger partial charge in [-0.25, -0.2) is 0 Å². The van der Waals surface area contributed by atoms with Crippen molar-refractivity contribution in [3.63, 3.8) is 0 Å². The monoisotopic (exact) mass is 380 g/mol. The Hall–Kier alpha value is -2.96. The lowest BCUT2D eigenvalue weighted by Crippen LogP contribution is -2.50. The van der Waals surface area contributed by atoms with Crippen molar-refractivity contribution in [2.75, 3.05) is 37.7 Å². The van der Waals surface area contributed by atoms with Crippen molar-refractivity contribution in [2.24, 2.45) is 0 Å². The van der Waals surface area contributed by atoms with E-state index < -0.39 is 0 Å². The van der Waals surface area contributed by atoms with E-state index in [4.69, 9.17) is 4.74 Å². The molecule has 1 aliphatic heterocycles. The maximum absolute atomic E-state index is 12.4. The number of ether oxygens (including phenoxy) is 1. The first-order valence-electron chi connectivity index (χ1n) is 9.70. The van der Waals surface area contributed by atoms with Crippen LogP contribution in [0.1, 0.15) is 41.7 Å². The summed E-state index contributed by atoms with van der Waals surface area (Å²) in [6.45, 7) is 4.25. The number of nitrogens with zero attached hydrogens (tertiary/aromatic N) is 4. The van der Waals surface area contributed by atoms with Gasteiger partial charge in [-0.05, 0) is 56.2 Å². The van der Waals surface area contributed by atoms with E-state index in [1.807, 2.05) is 11.0 Å². The van der Waals surface area contributed by atoms with Gasteiger partial charge in [0.25, 0.3) is 5.91 Å². The normalized spacial score (nSPS) is 16.8. The molecular weight excluding hydrogens is 356 g/mol. The van der Waals surface area contributed by atoms with Gasteiger partial charge in [0.05, 0.1) is 5.69 Å². The van der Waals surface area contributed by atoms with Crippen LogP contribution in [0.3, 0.4) is 0 Å². The lowest BCUT2D eigenvalue weighted by molar-refractivity contribution is -0.133. The lowest BCUT2D eigenvalue weighted by atomic mass is 10.1. The second kappa shape index (κ2) is 7.96. The molecular formula is C21H24N4O3. The third-order valence-electron chi connectivity index (χ3n) is 5.25. The Morgan fingerprint density at radius 3 is 2.29 bits per heavy atom. The third kappa shape index (κ3) is 4.30. The van der Waals surface area contributed by atoms with E-state index in [-0.39, 0.29) is 18.3 Å². The fourth-order valence-electron chi connectivity index (χ4n) is 3.31. The number of benzene rings is 1. The van der Waals surface area contributed by atoms with Crippen molar-refractivity contribution in [3.8, 4) is 5.75 Å². The standard InChI is InChI=1S/C21H24N4O3/c1-15(26)16-4-6-18(7-5-16)28-14-21(27)25-12-10-24(11-13-25)20-9-8-19(22-23-20)17-2-3-17/h4-9,17H,2-3,10-14H2,1H3. The van der Waals surface area contributed by atoms with Crippen molar-refractivity contribution >= 4 is 17.5 Å². The van der Waals surface area contributed by atoms with Gasteiger partial charge in [0.2, 0.25) is 0 Å². The summed E-state index contributed by atoms with van der Waals surface area (Å²) in [6, 6.07) is 10.9. The number of carbonyl (C=O) groups is 2. The average molecular weight is 380 g/mol. The van der Waals surface area contributed by atoms with Gasteiger partial charge < -0.3 is 14.5 Å². The van der Waals surface area contributed by atoms with E-state index in [9.17, 15) is 9.59 Å². The minimum absolute atomic E-state index is 0.00465. The summed E-state index contributed by atoms with van der Waals surface area (Å²) >= 11 is 0. The molecule has 28 heavy (non-hydrogen) atoms. The van der Waals surface area contributed by atoms with Crippen LogP contribution >= 0.6 is 0 Å². The summed E-state index contributed by atoms with van der Waals surface area (Å²) in [5.74, 6) is 2.04. The highest BCUT2D eigenvalue weighted by Gasteiger charge is 2.26. The van der Waals surface area contributed by atoms with Crippen LogP contribution in [0.25, 0.3) is 0 Å². The van der Waals surface area contributed by atoms with Crippen LogP contribution in [-0.2, 0) is 4.79 Å². The maximum Gasteiger partial charge on any atom is 0.260 e. The van der Waals surface area contributed by atoms with Gasteiger partial charge in [0.1, 0.15) is 5.75 Å². The van der Waals surface area contributed by atoms with Crippen LogP contribution in [0.2, 0.25) is 0 Å². The zero-order valence-electron chi connectivity index (χ0n) is 16.0. The van der Waals surface area contributed by atoms with Gasteiger partial charge in [0, 0.05) is 37.7 Å². The molecule has 4 rings (SSSR count). The number of Topliss-reactive ketones (excluding diaryl/α,β-unsaturated/α-hetero) is 1. The minimum atomic E-state index is -0.0366. The number of hydrogen-bond acceptors (Lipinski definition) is 6. The zero-order chi connectivity index (χ0) is 19.5. The fourth-order valence-corrected chi connectivity index (χ4v) is 3.31. The number of piperazine rings is 1. The summed E-state index contributed by atoms with van der Waals surface area (Å²) in [5.41, 5.74) is 1.72. The third-order valence-corrected chi connectivity index (χ3v) is 5.25. The Kier molecular flexibility index (Phi) is 5.23. The molecule has 1 saturated carbocycles. The molecule has 7 heteroatoms. The molecule has 0 N–H and O–H groups in total. The molecule has 1 amide bonds. The van der Waals surface area contributed by atoms with Crippen LogP contribution in [0, 0.1) is 0 Å². The molecule has 146 valence electrons. The molecule has 2 aromatic rings. The Morgan fingerprint density at radius 2 is 1.71 bits per heavy atom. The van der Waals surface area contributed by atoms with E-state index >= 15 is 0 Å². The second-order valence-corrected chi connectivity index (χ2v) is 7.33. The first-order valence-corrected chi connectivity index (χ1v) is 9.70. The van der Waals surface area contributed by atoms with Crippen molar-refractivity contribution < 1.29 is 14.3 Å². The van der Waals surface area contributed by atoms with Gasteiger partial charge in [-0.15, -0.1) is 5.10 Å². The molecule has 7 nitrogen and oxygen atoms in total. The van der Waals surface area contributed by atoms with Crippen LogP contribution < -0.4 is 9.64 Å². The van der Waals surface area contributed by atoms with Crippen molar-refractivity contribution in [3.05, 3.63) is 47.7 Å². The summed E-state index contributed by atoms with van der Waals surface area (Å²) in [4.78, 5) is 27.7. The average Bonchev–Trinajstić information content (AvgIpc) is 3.58. The number of rotatable bonds is 6. The van der Waals surface area contributed by atoms with Gasteiger partial charge in [0.15, 0.2) is 18.2 Å². The maximum atomic E-state index is 12.4. The van der Waals surface area contributed by atoms with E-state index in [2.05, 4.69) is 21.2 Å². The van der Waals surface area contributed by atoms with Crippen LogP contribution in [0.4, 0.5) is 5.82 Å². The van der Waals surface area contributed by atoms with Gasteiger partial charge >= 0.3 is 0 Å². The molecule has 0 unspecified atom stereocenters. The quantitative estimate of drug-likeness (QED) is 0.716. The van der Waals surface area contributed by atoms with Crippen LogP contribution in [0.5, 0.6) is 5.75 Å². The zero-order valence-corrected chi connectivity index (χ0v) is 16.0. The number of anilines is 1. The molecule has 1 aliphatic carbocycles. The Bertz CT molecular complexity index is 839. The summed E-state index contributed by atoms with van der Waals surface area (Å²) in [7, 11) is 0. The SMILES string of the molecule is CC(=O)c1ccc(OCC(=O)N2CCN(c3ccc(C4CC4)nn3)CC2)cc1. The second-order valence-electron chi connectivity index (χ2n) is 7.33. The van der Waals surface area contributed by atoms with Gasteiger partial charge in [-0.2, -0.15) is 5.10 Å². The predicted molar refractivity (Wildman–Crippen MR) is 105 cm³/mol. The summed E-state index contributed by atoms with van der Waals surface area (Å²) < 4.78 is 5.57. The molecule has 0 radical (unpaired) electrons.